The van der Waals surface area contributed by atoms with Gasteiger partial charge in [0, 0.05) is 11.3 Å². The lowest BCUT2D eigenvalue weighted by Gasteiger charge is -2.26. The third-order valence-corrected chi connectivity index (χ3v) is 6.52. The number of ketones is 1. The molecule has 1 heterocycles. The number of aliphatic hydroxyl groups excluding tert-OH is 1. The molecule has 186 valence electrons. The zero-order valence-electron chi connectivity index (χ0n) is 21.3. The number of aryl methyl sites for hydroxylation is 3. The first-order valence-electron chi connectivity index (χ1n) is 12.1. The van der Waals surface area contributed by atoms with Crippen LogP contribution < -0.4 is 14.4 Å². The Morgan fingerprint density at radius 3 is 2.31 bits per heavy atom. The number of carbonyl (C=O) groups is 2. The summed E-state index contributed by atoms with van der Waals surface area (Å²) in [6.07, 6.45) is 0.853. The minimum absolute atomic E-state index is 0.0425. The van der Waals surface area contributed by atoms with Crippen molar-refractivity contribution in [3.05, 3.63) is 94.1 Å². The molecular weight excluding hydrogens is 454 g/mol. The summed E-state index contributed by atoms with van der Waals surface area (Å²) in [7, 11) is 1.55. The maximum Gasteiger partial charge on any atom is 0.300 e. The van der Waals surface area contributed by atoms with Crippen LogP contribution in [-0.4, -0.2) is 30.5 Å². The highest BCUT2D eigenvalue weighted by Crippen LogP contribution is 2.44. The summed E-state index contributed by atoms with van der Waals surface area (Å²) in [5.74, 6) is -0.576. The van der Waals surface area contributed by atoms with E-state index in [0.29, 0.717) is 34.9 Å². The molecule has 1 fully saturated rings. The number of benzene rings is 3. The van der Waals surface area contributed by atoms with E-state index >= 15 is 0 Å². The normalized spacial score (nSPS) is 16.9. The van der Waals surface area contributed by atoms with Crippen molar-refractivity contribution >= 4 is 23.1 Å². The molecule has 1 atom stereocenters. The number of methoxy groups -OCH3 is 1. The first-order valence-corrected chi connectivity index (χ1v) is 12.1. The zero-order valence-corrected chi connectivity index (χ0v) is 21.3. The van der Waals surface area contributed by atoms with Crippen molar-refractivity contribution in [2.45, 2.75) is 40.2 Å². The molecule has 4 rings (SSSR count). The Hall–Kier alpha value is -4.06. The second kappa shape index (κ2) is 10.3. The van der Waals surface area contributed by atoms with Crippen molar-refractivity contribution in [2.75, 3.05) is 18.6 Å². The van der Waals surface area contributed by atoms with Gasteiger partial charge in [-0.3, -0.25) is 14.5 Å². The van der Waals surface area contributed by atoms with Gasteiger partial charge in [-0.05, 0) is 74.2 Å². The first kappa shape index (κ1) is 25.0. The third kappa shape index (κ3) is 4.47. The van der Waals surface area contributed by atoms with Crippen molar-refractivity contribution in [3.63, 3.8) is 0 Å². The highest BCUT2D eigenvalue weighted by atomic mass is 16.5. The van der Waals surface area contributed by atoms with Crippen molar-refractivity contribution < 1.29 is 24.2 Å². The quantitative estimate of drug-likeness (QED) is 0.256. The summed E-state index contributed by atoms with van der Waals surface area (Å²) in [6.45, 7) is 8.12. The third-order valence-electron chi connectivity index (χ3n) is 6.52. The number of hydrogen-bond acceptors (Lipinski definition) is 5. The molecule has 1 N–H and O–H groups in total. The molecule has 0 saturated carbocycles. The van der Waals surface area contributed by atoms with E-state index in [1.165, 1.54) is 4.90 Å². The van der Waals surface area contributed by atoms with Crippen LogP contribution in [0.3, 0.4) is 0 Å². The number of Topliss-reactive ketones (excluding diaryl/α,β-unsaturated/α-hetero) is 1. The van der Waals surface area contributed by atoms with Gasteiger partial charge in [0.1, 0.15) is 5.76 Å². The van der Waals surface area contributed by atoms with Gasteiger partial charge in [-0.15, -0.1) is 0 Å². The van der Waals surface area contributed by atoms with E-state index in [1.54, 1.807) is 25.3 Å². The van der Waals surface area contributed by atoms with Crippen molar-refractivity contribution in [2.24, 2.45) is 0 Å². The molecule has 1 aliphatic rings. The number of carbonyl (C=O) groups excluding carboxylic acids is 2. The van der Waals surface area contributed by atoms with Gasteiger partial charge in [0.2, 0.25) is 0 Å². The molecule has 1 aliphatic heterocycles. The van der Waals surface area contributed by atoms with Gasteiger partial charge >= 0.3 is 0 Å². The summed E-state index contributed by atoms with van der Waals surface area (Å²) in [4.78, 5) is 28.4. The van der Waals surface area contributed by atoms with Gasteiger partial charge in [0.05, 0.1) is 25.3 Å². The molecule has 6 heteroatoms. The summed E-state index contributed by atoms with van der Waals surface area (Å²) >= 11 is 0. The molecule has 36 heavy (non-hydrogen) atoms. The minimum atomic E-state index is -0.845. The average molecular weight is 486 g/mol. The van der Waals surface area contributed by atoms with Crippen LogP contribution in [0.1, 0.15) is 47.7 Å². The molecule has 3 aromatic rings. The second-order valence-corrected chi connectivity index (χ2v) is 8.85. The predicted octanol–water partition coefficient (Wildman–Crippen LogP) is 5.90. The SMILES string of the molecule is CCOc1cc(C2/C(=C(\O)c3cc(C)ccc3C)C(=O)C(=O)N2c2ccc(CC)cc2)ccc1OC. The van der Waals surface area contributed by atoms with E-state index in [1.807, 2.05) is 63.2 Å². The lowest BCUT2D eigenvalue weighted by atomic mass is 9.93. The monoisotopic (exact) mass is 485 g/mol. The largest absolute Gasteiger partial charge is 0.507 e. The number of amides is 1. The van der Waals surface area contributed by atoms with Crippen LogP contribution in [0.5, 0.6) is 11.5 Å². The fourth-order valence-electron chi connectivity index (χ4n) is 4.57. The fraction of sp³-hybridized carbons (Fsp3) is 0.267. The molecule has 3 aromatic carbocycles. The average Bonchev–Trinajstić information content (AvgIpc) is 3.15. The summed E-state index contributed by atoms with van der Waals surface area (Å²) < 4.78 is 11.2. The number of nitrogens with zero attached hydrogens (tertiary/aromatic N) is 1. The lowest BCUT2D eigenvalue weighted by molar-refractivity contribution is -0.132. The highest BCUT2D eigenvalue weighted by molar-refractivity contribution is 6.51. The van der Waals surface area contributed by atoms with Gasteiger partial charge < -0.3 is 14.6 Å². The molecule has 0 aromatic heterocycles. The predicted molar refractivity (Wildman–Crippen MR) is 141 cm³/mol. The Kier molecular flexibility index (Phi) is 7.15. The molecule has 1 unspecified atom stereocenters. The summed E-state index contributed by atoms with van der Waals surface area (Å²) in [5, 5.41) is 11.5. The Labute approximate surface area is 211 Å². The second-order valence-electron chi connectivity index (χ2n) is 8.85. The van der Waals surface area contributed by atoms with Gasteiger partial charge in [-0.25, -0.2) is 0 Å². The standard InChI is InChI=1S/C30H31NO5/c1-6-20-10-13-22(14-11-20)31-27(21-12-15-24(35-5)25(17-21)36-7-2)26(29(33)30(31)34)28(32)23-16-18(3)8-9-19(23)4/h8-17,27,32H,6-7H2,1-5H3/b28-26+. The Morgan fingerprint density at radius 1 is 0.944 bits per heavy atom. The van der Waals surface area contributed by atoms with Crippen LogP contribution in [0.2, 0.25) is 0 Å². The van der Waals surface area contributed by atoms with Crippen LogP contribution in [0.4, 0.5) is 5.69 Å². The maximum absolute atomic E-state index is 13.5. The lowest BCUT2D eigenvalue weighted by Crippen LogP contribution is -2.29. The van der Waals surface area contributed by atoms with E-state index in [0.717, 1.165) is 23.1 Å². The zero-order chi connectivity index (χ0) is 26.0. The number of aliphatic hydroxyl groups is 1. The van der Waals surface area contributed by atoms with Crippen molar-refractivity contribution in [1.82, 2.24) is 0 Å². The fourth-order valence-corrected chi connectivity index (χ4v) is 4.57. The van der Waals surface area contributed by atoms with Crippen LogP contribution in [0.15, 0.2) is 66.2 Å². The van der Waals surface area contributed by atoms with Crippen LogP contribution in [-0.2, 0) is 16.0 Å². The van der Waals surface area contributed by atoms with Crippen LogP contribution in [0, 0.1) is 13.8 Å². The first-order chi connectivity index (χ1) is 17.3. The van der Waals surface area contributed by atoms with E-state index in [2.05, 4.69) is 6.92 Å². The maximum atomic E-state index is 13.5. The molecule has 6 nitrogen and oxygen atoms in total. The molecule has 1 amide bonds. The van der Waals surface area contributed by atoms with Crippen molar-refractivity contribution in [3.8, 4) is 11.5 Å². The molecule has 0 aliphatic carbocycles. The summed E-state index contributed by atoms with van der Waals surface area (Å²) in [6, 6.07) is 17.7. The smallest absolute Gasteiger partial charge is 0.300 e. The Morgan fingerprint density at radius 2 is 1.67 bits per heavy atom. The van der Waals surface area contributed by atoms with Gasteiger partial charge in [0.25, 0.3) is 11.7 Å². The minimum Gasteiger partial charge on any atom is -0.507 e. The van der Waals surface area contributed by atoms with E-state index in [9.17, 15) is 14.7 Å². The Balaban J connectivity index is 1.98. The van der Waals surface area contributed by atoms with Gasteiger partial charge in [0.15, 0.2) is 11.5 Å². The number of rotatable bonds is 7. The molecule has 0 bridgehead atoms. The molecular formula is C30H31NO5. The van der Waals surface area contributed by atoms with Crippen LogP contribution >= 0.6 is 0 Å². The number of hydrogen-bond donors (Lipinski definition) is 1. The molecule has 1 saturated heterocycles. The molecule has 0 radical (unpaired) electrons. The van der Waals surface area contributed by atoms with E-state index in [-0.39, 0.29) is 11.3 Å². The Bertz CT molecular complexity index is 1340. The van der Waals surface area contributed by atoms with Crippen LogP contribution in [0.25, 0.3) is 5.76 Å². The number of anilines is 1. The topological polar surface area (TPSA) is 76.1 Å². The van der Waals surface area contributed by atoms with E-state index in [4.69, 9.17) is 9.47 Å². The highest BCUT2D eigenvalue weighted by Gasteiger charge is 2.47. The van der Waals surface area contributed by atoms with Gasteiger partial charge in [-0.1, -0.05) is 42.8 Å². The molecule has 0 spiro atoms. The summed E-state index contributed by atoms with van der Waals surface area (Å²) in [5.41, 5.74) is 4.63. The van der Waals surface area contributed by atoms with E-state index < -0.39 is 17.7 Å². The number of ether oxygens (including phenoxy) is 2. The van der Waals surface area contributed by atoms with Gasteiger partial charge in [-0.2, -0.15) is 0 Å². The van der Waals surface area contributed by atoms with Crippen molar-refractivity contribution in [1.29, 1.82) is 0 Å².